The Bertz CT molecular complexity index is 517. The van der Waals surface area contributed by atoms with Gasteiger partial charge in [0.05, 0.1) is 0 Å². The van der Waals surface area contributed by atoms with E-state index in [1.165, 1.54) is 12.4 Å². The van der Waals surface area contributed by atoms with E-state index in [1.807, 2.05) is 0 Å². The molecular weight excluding hydrogens is 357 g/mol. The average molecular weight is 365 g/mol. The first-order valence-corrected chi connectivity index (χ1v) is 5.13. The van der Waals surface area contributed by atoms with Gasteiger partial charge in [-0.2, -0.15) is 0 Å². The third kappa shape index (κ3) is 5.94. The molecule has 84 valence electrons. The van der Waals surface area contributed by atoms with E-state index in [4.69, 9.17) is 0 Å². The molecule has 2 heterocycles. The fourth-order valence-electron chi connectivity index (χ4n) is 0.825. The molecule has 0 atom stereocenters. The minimum atomic E-state index is 0. The van der Waals surface area contributed by atoms with E-state index in [1.54, 1.807) is 36.4 Å². The molecule has 0 aliphatic rings. The van der Waals surface area contributed by atoms with Gasteiger partial charge in [-0.25, -0.2) is 0 Å². The second-order valence-corrected chi connectivity index (χ2v) is 3.57. The molecule has 0 bridgehead atoms. The van der Waals surface area contributed by atoms with Crippen molar-refractivity contribution in [3.05, 3.63) is 68.5 Å². The Morgan fingerprint density at radius 3 is 1.29 bits per heavy atom. The Morgan fingerprint density at radius 1 is 0.765 bits per heavy atom. The van der Waals surface area contributed by atoms with Crippen LogP contribution in [-0.2, 0) is 27.3 Å². The summed E-state index contributed by atoms with van der Waals surface area (Å²) in [5.41, 5.74) is 0. The van der Waals surface area contributed by atoms with Crippen molar-refractivity contribution in [2.45, 2.75) is 0 Å². The molecule has 0 fully saturated rings. The first-order chi connectivity index (χ1) is 7.61. The summed E-state index contributed by atoms with van der Waals surface area (Å²) >= 11 is 9.21. The summed E-state index contributed by atoms with van der Waals surface area (Å²) in [6.07, 6.45) is 2.75. The molecule has 0 aliphatic heterocycles. The third-order valence-electron chi connectivity index (χ3n) is 1.58. The normalized spacial score (nSPS) is 8.47. The Balaban J connectivity index is 0.000000284. The van der Waals surface area contributed by atoms with Gasteiger partial charge in [-0.05, 0) is 36.7 Å². The van der Waals surface area contributed by atoms with E-state index in [0.717, 1.165) is 0 Å². The molecule has 0 aliphatic carbocycles. The van der Waals surface area contributed by atoms with E-state index in [-0.39, 0.29) is 27.3 Å². The molecule has 2 aromatic heterocycles. The van der Waals surface area contributed by atoms with Crippen molar-refractivity contribution in [1.82, 2.24) is 9.46 Å². The molecule has 2 rings (SSSR count). The number of hydrogen-bond acceptors (Lipinski definition) is 4. The molecule has 0 saturated carbocycles. The van der Waals surface area contributed by atoms with Crippen LogP contribution in [0.2, 0.25) is 0 Å². The number of hydrogen-bond donors (Lipinski definition) is 0. The topological polar surface area (TPSA) is 56.0 Å². The Labute approximate surface area is 129 Å². The Kier molecular flexibility index (Phi) is 8.00. The maximum atomic E-state index is 10.4. The first kappa shape index (κ1) is 16.3. The van der Waals surface area contributed by atoms with Crippen molar-refractivity contribution in [2.75, 3.05) is 0 Å². The van der Waals surface area contributed by atoms with Crippen molar-refractivity contribution in [2.24, 2.45) is 0 Å². The van der Waals surface area contributed by atoms with Gasteiger partial charge >= 0.3 is 27.3 Å². The number of rotatable bonds is 0. The van der Waals surface area contributed by atoms with Crippen molar-refractivity contribution >= 4 is 24.4 Å². The molecular formula is C10H8CdN2O2S2. The second kappa shape index (κ2) is 8.37. The van der Waals surface area contributed by atoms with E-state index >= 15 is 0 Å². The van der Waals surface area contributed by atoms with E-state index in [9.17, 15) is 10.4 Å². The molecule has 0 radical (unpaired) electrons. The maximum absolute atomic E-state index is 10.4. The van der Waals surface area contributed by atoms with Gasteiger partial charge in [-0.1, -0.05) is 36.6 Å². The van der Waals surface area contributed by atoms with Crippen LogP contribution in [0.3, 0.4) is 0 Å². The van der Waals surface area contributed by atoms with Gasteiger partial charge < -0.3 is 19.9 Å². The van der Waals surface area contributed by atoms with Gasteiger partial charge in [0.2, 0.25) is 0 Å². The summed E-state index contributed by atoms with van der Waals surface area (Å²) in [5.74, 6) is 0. The van der Waals surface area contributed by atoms with Gasteiger partial charge in [0, 0.05) is 0 Å². The van der Waals surface area contributed by atoms with Gasteiger partial charge in [0.15, 0.2) is 0 Å². The molecule has 0 unspecified atom stereocenters. The molecule has 2 aromatic rings. The van der Waals surface area contributed by atoms with Gasteiger partial charge in [0.1, 0.15) is 9.28 Å². The van der Waals surface area contributed by atoms with Crippen LogP contribution in [0.1, 0.15) is 0 Å². The fourth-order valence-corrected chi connectivity index (χ4v) is 1.10. The predicted octanol–water partition coefficient (Wildman–Crippen LogP) is 3.12. The monoisotopic (exact) mass is 366 g/mol. The summed E-state index contributed by atoms with van der Waals surface area (Å²) < 4.78 is 1.92. The zero-order valence-electron chi connectivity index (χ0n) is 8.85. The summed E-state index contributed by atoms with van der Waals surface area (Å²) in [5, 5.41) is 20.9. The molecule has 17 heavy (non-hydrogen) atoms. The molecule has 0 spiro atoms. The minimum absolute atomic E-state index is 0. The van der Waals surface area contributed by atoms with E-state index in [0.29, 0.717) is 18.7 Å². The number of pyridine rings is 2. The number of nitrogens with zero attached hydrogens (tertiary/aromatic N) is 2. The zero-order valence-corrected chi connectivity index (χ0v) is 14.5. The van der Waals surface area contributed by atoms with E-state index in [2.05, 4.69) is 24.4 Å². The van der Waals surface area contributed by atoms with Crippen LogP contribution in [-0.4, -0.2) is 9.46 Å². The number of aromatic nitrogens is 2. The predicted molar refractivity (Wildman–Crippen MR) is 68.1 cm³/mol. The largest absolute Gasteiger partial charge is 2.00 e. The molecule has 0 amide bonds. The summed E-state index contributed by atoms with van der Waals surface area (Å²) in [6, 6.07) is 9.92. The van der Waals surface area contributed by atoms with Crippen molar-refractivity contribution in [3.8, 4) is 0 Å². The second-order valence-electron chi connectivity index (χ2n) is 2.73. The summed E-state index contributed by atoms with van der Waals surface area (Å²) in [7, 11) is 0. The quantitative estimate of drug-likeness (QED) is 0.532. The van der Waals surface area contributed by atoms with Crippen LogP contribution in [0, 0.1) is 19.7 Å². The smallest absolute Gasteiger partial charge is 0.805 e. The Hall–Kier alpha value is -0.738. The van der Waals surface area contributed by atoms with E-state index < -0.39 is 0 Å². The first-order valence-electron chi connectivity index (χ1n) is 4.31. The van der Waals surface area contributed by atoms with Crippen molar-refractivity contribution < 1.29 is 27.3 Å². The maximum Gasteiger partial charge on any atom is 2.00 e. The van der Waals surface area contributed by atoms with Crippen LogP contribution < -0.4 is 0 Å². The van der Waals surface area contributed by atoms with Crippen LogP contribution in [0.25, 0.3) is 0 Å². The van der Waals surface area contributed by atoms with Crippen LogP contribution in [0.4, 0.5) is 0 Å². The van der Waals surface area contributed by atoms with Crippen LogP contribution in [0.5, 0.6) is 0 Å². The average Bonchev–Trinajstić information content (AvgIpc) is 2.28. The van der Waals surface area contributed by atoms with Gasteiger partial charge in [0.25, 0.3) is 0 Å². The standard InChI is InChI=1S/2C5H4NOS.Cd/c2*7-6-4-2-1-3-5(6)8;/h2*1-4H;/q2*-1;+2. The van der Waals surface area contributed by atoms with Crippen molar-refractivity contribution in [1.29, 1.82) is 0 Å². The zero-order chi connectivity index (χ0) is 12.0. The molecule has 0 saturated heterocycles. The molecule has 0 N–H and O–H groups in total. The summed E-state index contributed by atoms with van der Waals surface area (Å²) in [6.45, 7) is 0. The third-order valence-corrected chi connectivity index (χ3v) is 2.21. The van der Waals surface area contributed by atoms with Crippen LogP contribution in [0.15, 0.2) is 48.8 Å². The fraction of sp³-hybridized carbons (Fsp3) is 0. The van der Waals surface area contributed by atoms with Crippen molar-refractivity contribution in [3.63, 3.8) is 0 Å². The molecule has 7 heteroatoms. The Morgan fingerprint density at radius 2 is 1.12 bits per heavy atom. The molecule has 4 nitrogen and oxygen atoms in total. The van der Waals surface area contributed by atoms with Crippen LogP contribution >= 0.6 is 24.4 Å². The minimum Gasteiger partial charge on any atom is -0.805 e. The van der Waals surface area contributed by atoms with Gasteiger partial charge in [-0.15, -0.1) is 0 Å². The molecule has 0 aromatic carbocycles. The summed E-state index contributed by atoms with van der Waals surface area (Å²) in [4.78, 5) is 0. The van der Waals surface area contributed by atoms with Gasteiger partial charge in [-0.3, -0.25) is 0 Å². The SMILES string of the molecule is [Cd+2].[O-]n1ccccc1=S.[O-]n1ccccc1=S.